The van der Waals surface area contributed by atoms with Crippen LogP contribution < -0.4 is 33.1 Å². The molecule has 2 aromatic rings. The first-order valence-corrected chi connectivity index (χ1v) is 13.6. The zero-order valence-corrected chi connectivity index (χ0v) is 23.7. The highest BCUT2D eigenvalue weighted by molar-refractivity contribution is 6.00. The zero-order valence-electron chi connectivity index (χ0n) is 23.7. The molecule has 0 spiro atoms. The van der Waals surface area contributed by atoms with Crippen molar-refractivity contribution < 1.29 is 10.2 Å². The van der Waals surface area contributed by atoms with Crippen molar-refractivity contribution >= 4 is 11.7 Å². The number of amidine groups is 2. The van der Waals surface area contributed by atoms with Gasteiger partial charge in [-0.1, -0.05) is 25.7 Å². The Kier molecular flexibility index (Phi) is 10.5. The molecule has 0 aromatic carbocycles. The summed E-state index contributed by atoms with van der Waals surface area (Å²) in [6.45, 7) is 1.89. The first kappa shape index (κ1) is 30.4. The van der Waals surface area contributed by atoms with Gasteiger partial charge in [0.15, 0.2) is 0 Å². The lowest BCUT2D eigenvalue weighted by Crippen LogP contribution is -2.42. The molecule has 0 saturated heterocycles. The third-order valence-electron chi connectivity index (χ3n) is 7.04. The maximum Gasteiger partial charge on any atom is 0.333 e. The number of rotatable bonds is 2. The quantitative estimate of drug-likeness (QED) is 0.376. The molecule has 1 aliphatic rings. The van der Waals surface area contributed by atoms with E-state index < -0.39 is 34.3 Å². The summed E-state index contributed by atoms with van der Waals surface area (Å²) < 4.78 is 3.96. The highest BCUT2D eigenvalue weighted by Crippen LogP contribution is 2.12. The van der Waals surface area contributed by atoms with Gasteiger partial charge in [-0.15, -0.1) is 0 Å². The molecular weight excluding hydrogens is 520 g/mol. The van der Waals surface area contributed by atoms with Crippen molar-refractivity contribution in [2.24, 2.45) is 38.2 Å². The number of aliphatic imine (C=N–C) groups is 2. The number of nitrogens with zero attached hydrogens (tertiary/aromatic N) is 6. The maximum absolute atomic E-state index is 12.8. The molecule has 0 amide bonds. The Morgan fingerprint density at radius 3 is 1.27 bits per heavy atom. The van der Waals surface area contributed by atoms with Crippen molar-refractivity contribution in [3.8, 4) is 11.8 Å². The number of aromatic nitrogens is 4. The molecule has 0 bridgehead atoms. The molecule has 14 nitrogen and oxygen atoms in total. The molecule has 0 aliphatic carbocycles. The van der Waals surface area contributed by atoms with Crippen molar-refractivity contribution in [1.29, 1.82) is 0 Å². The molecule has 4 N–H and O–H groups in total. The molecule has 220 valence electrons. The lowest BCUT2D eigenvalue weighted by atomic mass is 10.1. The van der Waals surface area contributed by atoms with Crippen molar-refractivity contribution in [1.82, 2.24) is 28.9 Å². The van der Waals surface area contributed by atoms with Crippen molar-refractivity contribution in [2.75, 3.05) is 26.2 Å². The standard InChI is InChI=1S/C26H40N8O6/c1-31-21(35)17(22(36)32(2)25(31)39)19-27-13-9-5-7-11-15-29-20(30-16-12-8-6-10-14-28-19)18-23(37)33(3)26(40)34(4)24(18)38/h35,37H,5-16H2,1-4H3,(H,27,28)(H,29,30). The maximum atomic E-state index is 12.8. The number of aromatic hydroxyl groups is 2. The fourth-order valence-corrected chi connectivity index (χ4v) is 4.50. The summed E-state index contributed by atoms with van der Waals surface area (Å²) in [5.41, 5.74) is -2.46. The predicted molar refractivity (Wildman–Crippen MR) is 153 cm³/mol. The van der Waals surface area contributed by atoms with Gasteiger partial charge in [-0.05, 0) is 25.7 Å². The van der Waals surface area contributed by atoms with Crippen LogP contribution in [0.25, 0.3) is 0 Å². The topological polar surface area (TPSA) is 177 Å². The lowest BCUT2D eigenvalue weighted by molar-refractivity contribution is 0.409. The molecule has 0 fully saturated rings. The third kappa shape index (κ3) is 6.72. The smallest absolute Gasteiger partial charge is 0.333 e. The average molecular weight is 561 g/mol. The lowest BCUT2D eigenvalue weighted by Gasteiger charge is -2.15. The minimum atomic E-state index is -0.613. The van der Waals surface area contributed by atoms with Crippen LogP contribution in [-0.2, 0) is 28.2 Å². The van der Waals surface area contributed by atoms with Crippen LogP contribution in [0.2, 0.25) is 0 Å². The van der Waals surface area contributed by atoms with Gasteiger partial charge in [-0.2, -0.15) is 0 Å². The fourth-order valence-electron chi connectivity index (χ4n) is 4.50. The summed E-state index contributed by atoms with van der Waals surface area (Å²) in [7, 11) is 5.55. The summed E-state index contributed by atoms with van der Waals surface area (Å²) in [6, 6.07) is 0. The molecule has 40 heavy (non-hydrogen) atoms. The van der Waals surface area contributed by atoms with Crippen LogP contribution >= 0.6 is 0 Å². The van der Waals surface area contributed by atoms with Crippen LogP contribution in [0.5, 0.6) is 11.8 Å². The van der Waals surface area contributed by atoms with Gasteiger partial charge < -0.3 is 20.8 Å². The van der Waals surface area contributed by atoms with E-state index in [0.717, 1.165) is 69.6 Å². The largest absolute Gasteiger partial charge is 0.494 e. The molecule has 14 heteroatoms. The summed E-state index contributed by atoms with van der Waals surface area (Å²) in [4.78, 5) is 59.1. The van der Waals surface area contributed by atoms with Crippen LogP contribution in [0, 0.1) is 0 Å². The molecule has 2 aromatic heterocycles. The van der Waals surface area contributed by atoms with Crippen molar-refractivity contribution in [2.45, 2.75) is 51.4 Å². The predicted octanol–water partition coefficient (Wildman–Crippen LogP) is -0.600. The third-order valence-corrected chi connectivity index (χ3v) is 7.04. The molecule has 0 atom stereocenters. The van der Waals surface area contributed by atoms with E-state index >= 15 is 0 Å². The van der Waals surface area contributed by atoms with E-state index in [-0.39, 0.29) is 22.8 Å². The summed E-state index contributed by atoms with van der Waals surface area (Å²) in [6.07, 6.45) is 6.39. The van der Waals surface area contributed by atoms with Crippen LogP contribution in [0.15, 0.2) is 29.2 Å². The Labute approximate surface area is 231 Å². The Morgan fingerprint density at radius 1 is 0.550 bits per heavy atom. The Balaban J connectivity index is 1.76. The summed E-state index contributed by atoms with van der Waals surface area (Å²) >= 11 is 0. The van der Waals surface area contributed by atoms with Gasteiger partial charge >= 0.3 is 11.4 Å². The van der Waals surface area contributed by atoms with Crippen LogP contribution in [0.1, 0.15) is 62.5 Å². The van der Waals surface area contributed by atoms with E-state index in [2.05, 4.69) is 20.6 Å². The molecule has 0 unspecified atom stereocenters. The normalized spacial score (nSPS) is 16.6. The molecule has 3 rings (SSSR count). The molecular formula is C26H40N8O6. The fraction of sp³-hybridized carbons (Fsp3) is 0.615. The molecule has 1 aliphatic heterocycles. The highest BCUT2D eigenvalue weighted by Gasteiger charge is 2.21. The number of hydrogen-bond acceptors (Lipinski definition) is 10. The van der Waals surface area contributed by atoms with Gasteiger partial charge in [0.2, 0.25) is 11.8 Å². The van der Waals surface area contributed by atoms with E-state index in [9.17, 15) is 29.4 Å². The average Bonchev–Trinajstić information content (AvgIpc) is 2.94. The van der Waals surface area contributed by atoms with Gasteiger partial charge in [-0.25, -0.2) is 9.59 Å². The molecule has 0 saturated carbocycles. The summed E-state index contributed by atoms with van der Waals surface area (Å²) in [5, 5.41) is 27.5. The second-order valence-corrected chi connectivity index (χ2v) is 9.95. The second kappa shape index (κ2) is 13.8. The first-order chi connectivity index (χ1) is 19.1. The van der Waals surface area contributed by atoms with E-state index in [1.807, 2.05) is 0 Å². The Morgan fingerprint density at radius 2 is 0.900 bits per heavy atom. The van der Waals surface area contributed by atoms with Crippen LogP contribution in [0.4, 0.5) is 0 Å². The van der Waals surface area contributed by atoms with Gasteiger partial charge in [0, 0.05) is 54.4 Å². The van der Waals surface area contributed by atoms with Crippen molar-refractivity contribution in [3.63, 3.8) is 0 Å². The monoisotopic (exact) mass is 560 g/mol. The van der Waals surface area contributed by atoms with E-state index in [1.165, 1.54) is 28.2 Å². The zero-order chi connectivity index (χ0) is 29.4. The van der Waals surface area contributed by atoms with E-state index in [0.29, 0.717) is 26.2 Å². The van der Waals surface area contributed by atoms with Gasteiger partial charge in [0.25, 0.3) is 11.1 Å². The number of hydrogen-bond donors (Lipinski definition) is 4. The summed E-state index contributed by atoms with van der Waals surface area (Å²) in [5.74, 6) is -0.269. The molecule has 0 radical (unpaired) electrons. The van der Waals surface area contributed by atoms with Gasteiger partial charge in [-0.3, -0.25) is 37.8 Å². The SMILES string of the molecule is Cn1c(O)c(C2=NCCCCCCNC(c3c(O)n(C)c(=O)n(C)c3=O)=NCCCCCCN2)c(=O)n(C)c1=O. The minimum absolute atomic E-state index is 0.0159. The van der Waals surface area contributed by atoms with Crippen LogP contribution in [0.3, 0.4) is 0 Å². The molecule has 3 heterocycles. The highest BCUT2D eigenvalue weighted by atomic mass is 16.3. The van der Waals surface area contributed by atoms with Gasteiger partial charge in [0.05, 0.1) is 0 Å². The van der Waals surface area contributed by atoms with Crippen molar-refractivity contribution in [3.05, 3.63) is 52.8 Å². The van der Waals surface area contributed by atoms with Gasteiger partial charge in [0.1, 0.15) is 22.8 Å². The van der Waals surface area contributed by atoms with Crippen LogP contribution in [-0.4, -0.2) is 66.3 Å². The Hall–Kier alpha value is -4.10. The minimum Gasteiger partial charge on any atom is -0.494 e. The number of nitrogens with one attached hydrogen (secondary N) is 2. The van der Waals surface area contributed by atoms with E-state index in [4.69, 9.17) is 0 Å². The Bertz CT molecular complexity index is 1400. The van der Waals surface area contributed by atoms with E-state index in [1.54, 1.807) is 0 Å². The first-order valence-electron chi connectivity index (χ1n) is 13.6. The second-order valence-electron chi connectivity index (χ2n) is 9.95.